The Hall–Kier alpha value is -1.63. The van der Waals surface area contributed by atoms with Crippen LogP contribution in [0.4, 0.5) is 4.39 Å². The number of halogens is 2. The number of hydrazine groups is 1. The molecule has 2 aromatic carbocycles. The molecule has 6 heteroatoms. The van der Waals surface area contributed by atoms with E-state index in [1.165, 1.54) is 6.07 Å². The predicted octanol–water partition coefficient (Wildman–Crippen LogP) is 3.16. The zero-order chi connectivity index (χ0) is 15.4. The summed E-state index contributed by atoms with van der Waals surface area (Å²) in [6, 6.07) is 9.82. The molecule has 1 unspecified atom stereocenters. The summed E-state index contributed by atoms with van der Waals surface area (Å²) in [6.07, 6.45) is 0. The first-order chi connectivity index (χ1) is 10.1. The van der Waals surface area contributed by atoms with Crippen LogP contribution in [0.15, 0.2) is 40.9 Å². The van der Waals surface area contributed by atoms with Gasteiger partial charge in [-0.25, -0.2) is 9.82 Å². The molecule has 0 aliphatic carbocycles. The average molecular weight is 355 g/mol. The van der Waals surface area contributed by atoms with E-state index in [-0.39, 0.29) is 5.82 Å². The van der Waals surface area contributed by atoms with Crippen molar-refractivity contribution in [1.82, 2.24) is 5.43 Å². The van der Waals surface area contributed by atoms with Crippen molar-refractivity contribution in [1.29, 1.82) is 0 Å². The van der Waals surface area contributed by atoms with Gasteiger partial charge in [-0.3, -0.25) is 5.84 Å². The molecule has 0 saturated carbocycles. The van der Waals surface area contributed by atoms with Crippen molar-refractivity contribution in [3.8, 4) is 11.5 Å². The molecule has 0 aliphatic heterocycles. The van der Waals surface area contributed by atoms with Gasteiger partial charge >= 0.3 is 0 Å². The maximum Gasteiger partial charge on any atom is 0.137 e. The number of nitrogens with one attached hydrogen (secondary N) is 1. The van der Waals surface area contributed by atoms with Gasteiger partial charge in [-0.2, -0.15) is 0 Å². The first-order valence-electron chi connectivity index (χ1n) is 6.23. The van der Waals surface area contributed by atoms with Crippen LogP contribution in [-0.4, -0.2) is 14.2 Å². The Kier molecular flexibility index (Phi) is 5.17. The van der Waals surface area contributed by atoms with Crippen LogP contribution in [0.25, 0.3) is 0 Å². The quantitative estimate of drug-likeness (QED) is 0.639. The minimum absolute atomic E-state index is 0.345. The fourth-order valence-corrected chi connectivity index (χ4v) is 2.60. The minimum Gasteiger partial charge on any atom is -0.497 e. The Morgan fingerprint density at radius 3 is 2.29 bits per heavy atom. The fourth-order valence-electron chi connectivity index (χ4n) is 2.11. The van der Waals surface area contributed by atoms with Crippen LogP contribution < -0.4 is 20.7 Å². The number of benzene rings is 2. The summed E-state index contributed by atoms with van der Waals surface area (Å²) in [6.45, 7) is 0. The molecule has 2 aromatic rings. The third-order valence-corrected chi connectivity index (χ3v) is 4.00. The summed E-state index contributed by atoms with van der Waals surface area (Å²) < 4.78 is 24.6. The van der Waals surface area contributed by atoms with E-state index in [4.69, 9.17) is 15.3 Å². The molecular weight excluding hydrogens is 339 g/mol. The van der Waals surface area contributed by atoms with Crippen LogP contribution in [0.5, 0.6) is 11.5 Å². The van der Waals surface area contributed by atoms with Crippen LogP contribution in [0, 0.1) is 5.82 Å². The Balaban J connectivity index is 2.53. The van der Waals surface area contributed by atoms with Gasteiger partial charge < -0.3 is 9.47 Å². The standard InChI is InChI=1S/C15H16BrFN2O2/c1-20-10-6-9(7-11(8-10)21-2)15(19-18)12-4-3-5-13(17)14(12)16/h3-8,15,19H,18H2,1-2H3. The lowest BCUT2D eigenvalue weighted by molar-refractivity contribution is 0.392. The highest BCUT2D eigenvalue weighted by Gasteiger charge is 2.19. The monoisotopic (exact) mass is 354 g/mol. The van der Waals surface area contributed by atoms with Gasteiger partial charge in [0.2, 0.25) is 0 Å². The van der Waals surface area contributed by atoms with Crippen molar-refractivity contribution in [2.75, 3.05) is 14.2 Å². The molecule has 0 bridgehead atoms. The number of nitrogens with two attached hydrogens (primary N) is 1. The number of methoxy groups -OCH3 is 2. The number of ether oxygens (including phenoxy) is 2. The lowest BCUT2D eigenvalue weighted by Crippen LogP contribution is -2.29. The second kappa shape index (κ2) is 6.89. The predicted molar refractivity (Wildman–Crippen MR) is 82.8 cm³/mol. The number of hydrogen-bond donors (Lipinski definition) is 2. The maximum atomic E-state index is 13.7. The van der Waals surface area contributed by atoms with E-state index in [9.17, 15) is 4.39 Å². The lowest BCUT2D eigenvalue weighted by atomic mass is 9.98. The molecule has 0 spiro atoms. The Labute approximate surface area is 131 Å². The van der Waals surface area contributed by atoms with E-state index in [0.717, 1.165) is 5.56 Å². The molecule has 3 N–H and O–H groups in total. The minimum atomic E-state index is -0.404. The summed E-state index contributed by atoms with van der Waals surface area (Å²) in [5.41, 5.74) is 4.19. The first-order valence-corrected chi connectivity index (χ1v) is 7.03. The zero-order valence-corrected chi connectivity index (χ0v) is 13.3. The van der Waals surface area contributed by atoms with Crippen LogP contribution in [0.1, 0.15) is 17.2 Å². The van der Waals surface area contributed by atoms with E-state index in [1.807, 2.05) is 12.1 Å². The normalized spacial score (nSPS) is 12.0. The molecule has 21 heavy (non-hydrogen) atoms. The zero-order valence-electron chi connectivity index (χ0n) is 11.7. The Bertz CT molecular complexity index is 615. The lowest BCUT2D eigenvalue weighted by Gasteiger charge is -2.20. The molecule has 0 aromatic heterocycles. The van der Waals surface area contributed by atoms with Crippen molar-refractivity contribution in [2.45, 2.75) is 6.04 Å². The van der Waals surface area contributed by atoms with Crippen molar-refractivity contribution in [3.05, 3.63) is 57.8 Å². The van der Waals surface area contributed by atoms with E-state index in [2.05, 4.69) is 21.4 Å². The molecule has 0 heterocycles. The largest absolute Gasteiger partial charge is 0.497 e. The molecule has 112 valence electrons. The van der Waals surface area contributed by atoms with Crippen molar-refractivity contribution in [3.63, 3.8) is 0 Å². The van der Waals surface area contributed by atoms with Gasteiger partial charge in [0.15, 0.2) is 0 Å². The van der Waals surface area contributed by atoms with Gasteiger partial charge in [0.1, 0.15) is 17.3 Å². The smallest absolute Gasteiger partial charge is 0.137 e. The molecule has 0 amide bonds. The van der Waals surface area contributed by atoms with Crippen LogP contribution in [-0.2, 0) is 0 Å². The molecule has 2 rings (SSSR count). The summed E-state index contributed by atoms with van der Waals surface area (Å²) in [4.78, 5) is 0. The molecular formula is C15H16BrFN2O2. The van der Waals surface area contributed by atoms with Crippen molar-refractivity contribution in [2.24, 2.45) is 5.84 Å². The molecule has 0 aliphatic rings. The molecule has 0 radical (unpaired) electrons. The fraction of sp³-hybridized carbons (Fsp3) is 0.200. The van der Waals surface area contributed by atoms with Gasteiger partial charge in [-0.05, 0) is 45.3 Å². The number of rotatable bonds is 5. The topological polar surface area (TPSA) is 56.5 Å². The van der Waals surface area contributed by atoms with Crippen LogP contribution in [0.2, 0.25) is 0 Å². The maximum absolute atomic E-state index is 13.7. The second-order valence-electron chi connectivity index (χ2n) is 4.39. The van der Waals surface area contributed by atoms with Gasteiger partial charge in [-0.1, -0.05) is 12.1 Å². The number of hydrogen-bond acceptors (Lipinski definition) is 4. The summed E-state index contributed by atoms with van der Waals surface area (Å²) >= 11 is 3.26. The van der Waals surface area contributed by atoms with Gasteiger partial charge in [0.05, 0.1) is 24.7 Å². The van der Waals surface area contributed by atoms with E-state index >= 15 is 0 Å². The van der Waals surface area contributed by atoms with E-state index in [1.54, 1.807) is 32.4 Å². The third-order valence-electron chi connectivity index (χ3n) is 3.17. The molecule has 1 atom stereocenters. The SMILES string of the molecule is COc1cc(OC)cc(C(NN)c2cccc(F)c2Br)c1. The van der Waals surface area contributed by atoms with Crippen LogP contribution >= 0.6 is 15.9 Å². The average Bonchev–Trinajstić information content (AvgIpc) is 2.51. The Morgan fingerprint density at radius 2 is 1.76 bits per heavy atom. The van der Waals surface area contributed by atoms with Gasteiger partial charge in [-0.15, -0.1) is 0 Å². The highest BCUT2D eigenvalue weighted by molar-refractivity contribution is 9.10. The second-order valence-corrected chi connectivity index (χ2v) is 5.18. The highest BCUT2D eigenvalue weighted by atomic mass is 79.9. The van der Waals surface area contributed by atoms with E-state index < -0.39 is 6.04 Å². The molecule has 4 nitrogen and oxygen atoms in total. The third kappa shape index (κ3) is 3.34. The van der Waals surface area contributed by atoms with Crippen LogP contribution in [0.3, 0.4) is 0 Å². The first kappa shape index (κ1) is 15.8. The Morgan fingerprint density at radius 1 is 1.14 bits per heavy atom. The van der Waals surface area contributed by atoms with Gasteiger partial charge in [0.25, 0.3) is 0 Å². The highest BCUT2D eigenvalue weighted by Crippen LogP contribution is 2.33. The summed E-state index contributed by atoms with van der Waals surface area (Å²) in [5, 5.41) is 0. The molecule has 0 saturated heterocycles. The summed E-state index contributed by atoms with van der Waals surface area (Å²) in [5.74, 6) is 6.59. The van der Waals surface area contributed by atoms with E-state index in [0.29, 0.717) is 21.5 Å². The molecule has 0 fully saturated rings. The van der Waals surface area contributed by atoms with Crippen molar-refractivity contribution < 1.29 is 13.9 Å². The summed E-state index contributed by atoms with van der Waals surface area (Å²) in [7, 11) is 3.14. The van der Waals surface area contributed by atoms with Crippen molar-refractivity contribution >= 4 is 15.9 Å². The van der Waals surface area contributed by atoms with Gasteiger partial charge in [0, 0.05) is 6.07 Å².